The zero-order valence-corrected chi connectivity index (χ0v) is 10.9. The third-order valence-corrected chi connectivity index (χ3v) is 2.96. The fourth-order valence-corrected chi connectivity index (χ4v) is 1.88. The monoisotopic (exact) mass is 226 g/mol. The van der Waals surface area contributed by atoms with E-state index in [0.717, 1.165) is 17.1 Å². The summed E-state index contributed by atoms with van der Waals surface area (Å²) in [5, 5.41) is 0. The van der Waals surface area contributed by atoms with Crippen molar-refractivity contribution in [3.8, 4) is 0 Å². The molecule has 0 amide bonds. The Morgan fingerprint density at radius 3 is 2.47 bits per heavy atom. The van der Waals surface area contributed by atoms with Crippen molar-refractivity contribution >= 4 is 17.4 Å². The first-order chi connectivity index (χ1) is 6.97. The van der Waals surface area contributed by atoms with Crippen molar-refractivity contribution in [3.05, 3.63) is 22.9 Å². The van der Waals surface area contributed by atoms with Crippen molar-refractivity contribution in [1.82, 2.24) is 4.98 Å². The lowest BCUT2D eigenvalue weighted by atomic mass is 10.1. The first kappa shape index (κ1) is 12.3. The number of aromatic nitrogens is 1. The van der Waals surface area contributed by atoms with Gasteiger partial charge in [0.15, 0.2) is 0 Å². The van der Waals surface area contributed by atoms with Crippen molar-refractivity contribution in [3.63, 3.8) is 0 Å². The van der Waals surface area contributed by atoms with Gasteiger partial charge in [-0.05, 0) is 39.3 Å². The maximum atomic E-state index is 5.97. The van der Waals surface area contributed by atoms with Gasteiger partial charge in [0.2, 0.25) is 0 Å². The van der Waals surface area contributed by atoms with Gasteiger partial charge in [0.25, 0.3) is 0 Å². The van der Waals surface area contributed by atoms with Crippen LogP contribution < -0.4 is 4.90 Å². The second kappa shape index (κ2) is 4.84. The predicted octanol–water partition coefficient (Wildman–Crippen LogP) is 3.28. The van der Waals surface area contributed by atoms with Crippen molar-refractivity contribution in [2.45, 2.75) is 39.6 Å². The standard InChI is InChI=1S/C12H19ClN2/c1-8(2)15(5)12-11(7-13)9(3)6-10(4)14-12/h6,8H,7H2,1-5H3. The summed E-state index contributed by atoms with van der Waals surface area (Å²) in [7, 11) is 2.06. The fraction of sp³-hybridized carbons (Fsp3) is 0.583. The van der Waals surface area contributed by atoms with Gasteiger partial charge in [0, 0.05) is 24.3 Å². The van der Waals surface area contributed by atoms with E-state index in [-0.39, 0.29) is 0 Å². The highest BCUT2D eigenvalue weighted by Gasteiger charge is 2.13. The van der Waals surface area contributed by atoms with E-state index in [4.69, 9.17) is 11.6 Å². The zero-order valence-electron chi connectivity index (χ0n) is 10.1. The van der Waals surface area contributed by atoms with Gasteiger partial charge in [-0.3, -0.25) is 0 Å². The van der Waals surface area contributed by atoms with Gasteiger partial charge in [-0.1, -0.05) is 0 Å². The number of rotatable bonds is 3. The summed E-state index contributed by atoms with van der Waals surface area (Å²) in [6.07, 6.45) is 0. The molecular formula is C12H19ClN2. The van der Waals surface area contributed by atoms with Gasteiger partial charge in [-0.25, -0.2) is 4.98 Å². The summed E-state index contributed by atoms with van der Waals surface area (Å²) in [5.41, 5.74) is 3.40. The van der Waals surface area contributed by atoms with E-state index in [0.29, 0.717) is 11.9 Å². The van der Waals surface area contributed by atoms with Gasteiger partial charge in [-0.15, -0.1) is 11.6 Å². The van der Waals surface area contributed by atoms with E-state index in [9.17, 15) is 0 Å². The van der Waals surface area contributed by atoms with Gasteiger partial charge in [0.1, 0.15) is 5.82 Å². The van der Waals surface area contributed by atoms with Gasteiger partial charge < -0.3 is 4.90 Å². The number of alkyl halides is 1. The molecule has 0 radical (unpaired) electrons. The largest absolute Gasteiger partial charge is 0.357 e. The molecule has 0 saturated carbocycles. The van der Waals surface area contributed by atoms with Crippen LogP contribution in [0.2, 0.25) is 0 Å². The maximum Gasteiger partial charge on any atom is 0.133 e. The molecule has 2 nitrogen and oxygen atoms in total. The minimum absolute atomic E-state index is 0.431. The Bertz CT molecular complexity index is 348. The molecule has 1 heterocycles. The zero-order chi connectivity index (χ0) is 11.6. The van der Waals surface area contributed by atoms with Crippen LogP contribution in [-0.2, 0) is 5.88 Å². The van der Waals surface area contributed by atoms with Gasteiger partial charge >= 0.3 is 0 Å². The Morgan fingerprint density at radius 2 is 2.00 bits per heavy atom. The van der Waals surface area contributed by atoms with Crippen LogP contribution in [0.1, 0.15) is 30.7 Å². The lowest BCUT2D eigenvalue weighted by Crippen LogP contribution is -2.28. The summed E-state index contributed by atoms with van der Waals surface area (Å²) in [6.45, 7) is 8.40. The van der Waals surface area contributed by atoms with Crippen LogP contribution in [0.4, 0.5) is 5.82 Å². The maximum absolute atomic E-state index is 5.97. The molecule has 0 aromatic carbocycles. The molecule has 0 unspecified atom stereocenters. The van der Waals surface area contributed by atoms with Crippen molar-refractivity contribution < 1.29 is 0 Å². The first-order valence-electron chi connectivity index (χ1n) is 5.23. The molecule has 0 fully saturated rings. The highest BCUT2D eigenvalue weighted by atomic mass is 35.5. The van der Waals surface area contributed by atoms with Crippen LogP contribution in [0.3, 0.4) is 0 Å². The average Bonchev–Trinajstić information content (AvgIpc) is 2.15. The average molecular weight is 227 g/mol. The third-order valence-electron chi connectivity index (χ3n) is 2.70. The Kier molecular flexibility index (Phi) is 3.97. The van der Waals surface area contributed by atoms with Crippen LogP contribution in [0, 0.1) is 13.8 Å². The molecule has 0 bridgehead atoms. The minimum atomic E-state index is 0.431. The molecule has 0 atom stereocenters. The second-order valence-corrected chi connectivity index (χ2v) is 4.49. The van der Waals surface area contributed by atoms with Crippen LogP contribution in [0.15, 0.2) is 6.07 Å². The van der Waals surface area contributed by atoms with Crippen molar-refractivity contribution in [2.75, 3.05) is 11.9 Å². The van der Waals surface area contributed by atoms with E-state index < -0.39 is 0 Å². The number of nitrogens with zero attached hydrogens (tertiary/aromatic N) is 2. The molecule has 1 aromatic rings. The fourth-order valence-electron chi connectivity index (χ4n) is 1.55. The van der Waals surface area contributed by atoms with E-state index in [1.54, 1.807) is 0 Å². The Morgan fingerprint density at radius 1 is 1.40 bits per heavy atom. The lowest BCUT2D eigenvalue weighted by Gasteiger charge is -2.26. The molecule has 0 aliphatic carbocycles. The molecule has 0 spiro atoms. The lowest BCUT2D eigenvalue weighted by molar-refractivity contribution is 0.737. The molecule has 3 heteroatoms. The summed E-state index contributed by atoms with van der Waals surface area (Å²) < 4.78 is 0. The molecule has 1 aromatic heterocycles. The molecule has 84 valence electrons. The molecule has 15 heavy (non-hydrogen) atoms. The highest BCUT2D eigenvalue weighted by molar-refractivity contribution is 6.17. The van der Waals surface area contributed by atoms with Crippen molar-refractivity contribution in [2.24, 2.45) is 0 Å². The summed E-state index contributed by atoms with van der Waals surface area (Å²) in [6, 6.07) is 2.51. The molecule has 0 saturated heterocycles. The van der Waals surface area contributed by atoms with E-state index >= 15 is 0 Å². The minimum Gasteiger partial charge on any atom is -0.357 e. The Balaban J connectivity index is 3.26. The van der Waals surface area contributed by atoms with Crippen LogP contribution >= 0.6 is 11.6 Å². The summed E-state index contributed by atoms with van der Waals surface area (Å²) in [4.78, 5) is 6.73. The predicted molar refractivity (Wildman–Crippen MR) is 66.8 cm³/mol. The van der Waals surface area contributed by atoms with Crippen LogP contribution in [-0.4, -0.2) is 18.1 Å². The van der Waals surface area contributed by atoms with Gasteiger partial charge in [-0.2, -0.15) is 0 Å². The number of anilines is 1. The number of halogens is 1. The summed E-state index contributed by atoms with van der Waals surface area (Å²) >= 11 is 5.97. The first-order valence-corrected chi connectivity index (χ1v) is 5.76. The summed E-state index contributed by atoms with van der Waals surface area (Å²) in [5.74, 6) is 1.53. The molecule has 0 N–H and O–H groups in total. The quantitative estimate of drug-likeness (QED) is 0.736. The second-order valence-electron chi connectivity index (χ2n) is 4.22. The Hall–Kier alpha value is -0.760. The topological polar surface area (TPSA) is 16.1 Å². The molecule has 1 rings (SSSR count). The normalized spacial score (nSPS) is 10.9. The van der Waals surface area contributed by atoms with Crippen molar-refractivity contribution in [1.29, 1.82) is 0 Å². The number of hydrogen-bond acceptors (Lipinski definition) is 2. The SMILES string of the molecule is Cc1cc(C)c(CCl)c(N(C)C(C)C)n1. The number of hydrogen-bond donors (Lipinski definition) is 0. The number of aryl methyl sites for hydroxylation is 2. The highest BCUT2D eigenvalue weighted by Crippen LogP contribution is 2.24. The van der Waals surface area contributed by atoms with Gasteiger partial charge in [0.05, 0.1) is 5.88 Å². The van der Waals surface area contributed by atoms with E-state index in [1.807, 2.05) is 6.92 Å². The number of pyridine rings is 1. The Labute approximate surface area is 97.3 Å². The molecular weight excluding hydrogens is 208 g/mol. The third kappa shape index (κ3) is 2.63. The van der Waals surface area contributed by atoms with Crippen LogP contribution in [0.5, 0.6) is 0 Å². The molecule has 0 aliphatic heterocycles. The van der Waals surface area contributed by atoms with E-state index in [1.165, 1.54) is 5.56 Å². The molecule has 0 aliphatic rings. The smallest absolute Gasteiger partial charge is 0.133 e. The van der Waals surface area contributed by atoms with Crippen LogP contribution in [0.25, 0.3) is 0 Å². The van der Waals surface area contributed by atoms with E-state index in [2.05, 4.69) is 43.8 Å².